The van der Waals surface area contributed by atoms with Crippen molar-refractivity contribution in [3.8, 4) is 22.6 Å². The highest BCUT2D eigenvalue weighted by Gasteiger charge is 2.16. The van der Waals surface area contributed by atoms with Gasteiger partial charge in [-0.3, -0.25) is 4.79 Å². The number of rotatable bonds is 7. The van der Waals surface area contributed by atoms with Crippen LogP contribution >= 0.6 is 46.0 Å². The fourth-order valence-corrected chi connectivity index (χ4v) is 5.31. The predicted molar refractivity (Wildman–Crippen MR) is 130 cm³/mol. The minimum Gasteiger partial charge on any atom is -0.305 e. The summed E-state index contributed by atoms with van der Waals surface area (Å²) in [4.78, 5) is 18.2. The Balaban J connectivity index is 1.36. The fraction of sp³-hybridized carbons (Fsp3) is 0.238. The normalized spacial score (nSPS) is 11.3. The zero-order chi connectivity index (χ0) is 22.0. The molecule has 10 heteroatoms. The Morgan fingerprint density at radius 3 is 2.65 bits per heavy atom. The maximum atomic E-state index is 12.4. The highest BCUT2D eigenvalue weighted by molar-refractivity contribution is 7.99. The molecular weight excluding hydrogens is 470 g/mol. The van der Waals surface area contributed by atoms with E-state index in [1.165, 1.54) is 28.0 Å². The summed E-state index contributed by atoms with van der Waals surface area (Å²) < 4.78 is 1.92. The molecule has 160 valence electrons. The summed E-state index contributed by atoms with van der Waals surface area (Å²) in [6.45, 7) is 4.35. The topological polar surface area (TPSA) is 72.7 Å². The lowest BCUT2D eigenvalue weighted by Crippen LogP contribution is -2.14. The first-order valence-electron chi connectivity index (χ1n) is 9.53. The summed E-state index contributed by atoms with van der Waals surface area (Å²) in [5, 5.41) is 17.4. The lowest BCUT2D eigenvalue weighted by Gasteiger charge is -2.03. The largest absolute Gasteiger partial charge is 0.305 e. The van der Waals surface area contributed by atoms with E-state index in [9.17, 15) is 4.79 Å². The van der Waals surface area contributed by atoms with Crippen LogP contribution in [0, 0.1) is 0 Å². The lowest BCUT2D eigenvalue weighted by atomic mass is 10.1. The molecule has 0 aliphatic carbocycles. The molecule has 0 fully saturated rings. The van der Waals surface area contributed by atoms with Crippen LogP contribution in [0.15, 0.2) is 46.2 Å². The molecule has 4 aromatic rings. The van der Waals surface area contributed by atoms with Crippen LogP contribution in [-0.4, -0.2) is 31.4 Å². The second-order valence-electron chi connectivity index (χ2n) is 7.14. The number of halogens is 1. The summed E-state index contributed by atoms with van der Waals surface area (Å²) in [7, 11) is 1.92. The van der Waals surface area contributed by atoms with Crippen molar-refractivity contribution < 1.29 is 4.79 Å². The molecule has 0 bridgehead atoms. The first kappa shape index (κ1) is 22.0. The molecule has 0 saturated carbocycles. The summed E-state index contributed by atoms with van der Waals surface area (Å²) in [5.74, 6) is 1.38. The van der Waals surface area contributed by atoms with Gasteiger partial charge in [0, 0.05) is 38.8 Å². The predicted octanol–water partition coefficient (Wildman–Crippen LogP) is 6.17. The van der Waals surface area contributed by atoms with Gasteiger partial charge in [-0.15, -0.1) is 32.9 Å². The third-order valence-corrected chi connectivity index (χ3v) is 7.77. The summed E-state index contributed by atoms with van der Waals surface area (Å²) in [5.41, 5.74) is 2.81. The Morgan fingerprint density at radius 1 is 1.16 bits per heavy atom. The number of thiophene rings is 1. The standard InChI is InChI=1S/C21H20ClN5OS3/c1-12(2)17-8-14(9-29-17)19-25-26-21(27(19)3)31-11-18(28)24-20-23-16(10-30-20)13-4-6-15(22)7-5-13/h4-10,12H,11H2,1-3H3,(H,23,24,28). The summed E-state index contributed by atoms with van der Waals surface area (Å²) in [6, 6.07) is 9.60. The highest BCUT2D eigenvalue weighted by atomic mass is 35.5. The Hall–Kier alpha value is -2.20. The van der Waals surface area contributed by atoms with Gasteiger partial charge in [-0.25, -0.2) is 4.98 Å². The molecule has 0 spiro atoms. The Morgan fingerprint density at radius 2 is 1.94 bits per heavy atom. The monoisotopic (exact) mass is 489 g/mol. The van der Waals surface area contributed by atoms with Gasteiger partial charge in [-0.05, 0) is 24.1 Å². The van der Waals surface area contributed by atoms with Crippen molar-refractivity contribution in [1.82, 2.24) is 19.7 Å². The van der Waals surface area contributed by atoms with Crippen LogP contribution in [0.1, 0.15) is 24.6 Å². The van der Waals surface area contributed by atoms with Crippen LogP contribution in [0.5, 0.6) is 0 Å². The van der Waals surface area contributed by atoms with Gasteiger partial charge in [0.1, 0.15) is 0 Å². The van der Waals surface area contributed by atoms with E-state index in [4.69, 9.17) is 11.6 Å². The van der Waals surface area contributed by atoms with Crippen LogP contribution in [-0.2, 0) is 11.8 Å². The Labute approximate surface area is 197 Å². The summed E-state index contributed by atoms with van der Waals surface area (Å²) in [6.07, 6.45) is 0. The molecule has 1 amide bonds. The molecule has 0 radical (unpaired) electrons. The minimum absolute atomic E-state index is 0.135. The molecule has 0 atom stereocenters. The van der Waals surface area contributed by atoms with Gasteiger partial charge in [0.25, 0.3) is 0 Å². The maximum absolute atomic E-state index is 12.4. The molecule has 3 aromatic heterocycles. The van der Waals surface area contributed by atoms with Crippen molar-refractivity contribution in [3.05, 3.63) is 51.0 Å². The molecule has 0 aliphatic heterocycles. The van der Waals surface area contributed by atoms with Gasteiger partial charge in [-0.2, -0.15) is 0 Å². The third kappa shape index (κ3) is 5.17. The average Bonchev–Trinajstić information content (AvgIpc) is 3.47. The number of aromatic nitrogens is 4. The van der Waals surface area contributed by atoms with Crippen LogP contribution in [0.2, 0.25) is 5.02 Å². The van der Waals surface area contributed by atoms with Crippen molar-refractivity contribution in [3.63, 3.8) is 0 Å². The number of hydrogen-bond acceptors (Lipinski definition) is 7. The van der Waals surface area contributed by atoms with E-state index in [0.717, 1.165) is 22.6 Å². The number of amides is 1. The number of anilines is 1. The average molecular weight is 490 g/mol. The molecule has 1 N–H and O–H groups in total. The number of thiazole rings is 1. The third-order valence-electron chi connectivity index (χ3n) is 4.50. The second kappa shape index (κ2) is 9.52. The van der Waals surface area contributed by atoms with E-state index < -0.39 is 0 Å². The van der Waals surface area contributed by atoms with E-state index in [1.54, 1.807) is 11.3 Å². The van der Waals surface area contributed by atoms with Crippen molar-refractivity contribution >= 4 is 57.1 Å². The van der Waals surface area contributed by atoms with Gasteiger partial charge in [-0.1, -0.05) is 49.3 Å². The van der Waals surface area contributed by atoms with Gasteiger partial charge in [0.2, 0.25) is 5.91 Å². The zero-order valence-electron chi connectivity index (χ0n) is 17.1. The first-order valence-corrected chi connectivity index (χ1v) is 12.7. The molecule has 0 unspecified atom stereocenters. The number of carbonyl (C=O) groups is 1. The van der Waals surface area contributed by atoms with Crippen LogP contribution in [0.4, 0.5) is 5.13 Å². The molecule has 31 heavy (non-hydrogen) atoms. The quantitative estimate of drug-likeness (QED) is 0.314. The number of benzene rings is 1. The highest BCUT2D eigenvalue weighted by Crippen LogP contribution is 2.31. The van der Waals surface area contributed by atoms with E-state index in [0.29, 0.717) is 21.2 Å². The van der Waals surface area contributed by atoms with Crippen LogP contribution < -0.4 is 5.32 Å². The van der Waals surface area contributed by atoms with Gasteiger partial charge in [0.15, 0.2) is 16.1 Å². The Kier molecular flexibility index (Phi) is 6.76. The molecule has 0 saturated heterocycles. The van der Waals surface area contributed by atoms with Crippen molar-refractivity contribution in [2.24, 2.45) is 7.05 Å². The second-order valence-corrected chi connectivity index (χ2v) is 10.3. The number of hydrogen-bond donors (Lipinski definition) is 1. The fourth-order valence-electron chi connectivity index (χ4n) is 2.83. The number of thioether (sulfide) groups is 1. The van der Waals surface area contributed by atoms with Crippen molar-refractivity contribution in [2.75, 3.05) is 11.1 Å². The SMILES string of the molecule is CC(C)c1cc(-c2nnc(SCC(=O)Nc3nc(-c4ccc(Cl)cc4)cs3)n2C)cs1. The number of carbonyl (C=O) groups excluding carboxylic acids is 1. The summed E-state index contributed by atoms with van der Waals surface area (Å²) >= 11 is 10.4. The van der Waals surface area contributed by atoms with Gasteiger partial charge in [0.05, 0.1) is 11.4 Å². The van der Waals surface area contributed by atoms with Gasteiger partial charge < -0.3 is 9.88 Å². The van der Waals surface area contributed by atoms with Gasteiger partial charge >= 0.3 is 0 Å². The molecule has 1 aromatic carbocycles. The number of nitrogens with zero attached hydrogens (tertiary/aromatic N) is 4. The molecule has 6 nitrogen and oxygen atoms in total. The van der Waals surface area contributed by atoms with E-state index >= 15 is 0 Å². The molecule has 4 rings (SSSR count). The maximum Gasteiger partial charge on any atom is 0.236 e. The van der Waals surface area contributed by atoms with Crippen LogP contribution in [0.25, 0.3) is 22.6 Å². The van der Waals surface area contributed by atoms with Crippen molar-refractivity contribution in [1.29, 1.82) is 0 Å². The van der Waals surface area contributed by atoms with E-state index in [2.05, 4.69) is 45.8 Å². The van der Waals surface area contributed by atoms with Crippen molar-refractivity contribution in [2.45, 2.75) is 24.9 Å². The first-order chi connectivity index (χ1) is 14.9. The smallest absolute Gasteiger partial charge is 0.236 e. The lowest BCUT2D eigenvalue weighted by molar-refractivity contribution is -0.113. The Bertz CT molecular complexity index is 1200. The molecule has 3 heterocycles. The molecular formula is C21H20ClN5OS3. The van der Waals surface area contributed by atoms with E-state index in [-0.39, 0.29) is 11.7 Å². The number of nitrogens with one attached hydrogen (secondary N) is 1. The molecule has 0 aliphatic rings. The zero-order valence-corrected chi connectivity index (χ0v) is 20.3. The van der Waals surface area contributed by atoms with E-state index in [1.807, 2.05) is 41.3 Å². The minimum atomic E-state index is -0.135. The van der Waals surface area contributed by atoms with Crippen LogP contribution in [0.3, 0.4) is 0 Å².